The van der Waals surface area contributed by atoms with E-state index in [1.807, 2.05) is 12.1 Å². The number of hydrogen-bond acceptors (Lipinski definition) is 5. The first-order valence-corrected chi connectivity index (χ1v) is 9.40. The Labute approximate surface area is 161 Å². The summed E-state index contributed by atoms with van der Waals surface area (Å²) in [4.78, 5) is 4.11. The summed E-state index contributed by atoms with van der Waals surface area (Å²) in [6.07, 6.45) is 4.54. The van der Waals surface area contributed by atoms with Gasteiger partial charge in [0.25, 0.3) is 0 Å². The summed E-state index contributed by atoms with van der Waals surface area (Å²) in [5, 5.41) is 7.00. The van der Waals surface area contributed by atoms with Crippen LogP contribution in [0.4, 0.5) is 4.39 Å². The van der Waals surface area contributed by atoms with E-state index in [2.05, 4.69) is 41.8 Å². The van der Waals surface area contributed by atoms with E-state index < -0.39 is 0 Å². The predicted molar refractivity (Wildman–Crippen MR) is 110 cm³/mol. The van der Waals surface area contributed by atoms with Crippen molar-refractivity contribution in [1.29, 1.82) is 0 Å². The van der Waals surface area contributed by atoms with Crippen molar-refractivity contribution >= 4 is 11.3 Å². The van der Waals surface area contributed by atoms with Crippen molar-refractivity contribution in [2.45, 2.75) is 39.3 Å². The van der Waals surface area contributed by atoms with Gasteiger partial charge in [0, 0.05) is 30.1 Å². The van der Waals surface area contributed by atoms with E-state index in [4.69, 9.17) is 5.84 Å². The minimum atomic E-state index is -0.274. The number of halogens is 1. The summed E-state index contributed by atoms with van der Waals surface area (Å²) in [5.41, 5.74) is 6.45. The third-order valence-electron chi connectivity index (χ3n) is 4.51. The standard InChI is InChI=1S/C21H30FN5/c1-4-24-12-9-15(2)26-16(3)20(17-10-13-25-14-11-17)21(27-23)18-5-7-19(22)8-6-18/h5-8,10-11,13-16,24,26-27H,4,9,12,23H2,1-3H3/b21-20+. The van der Waals surface area contributed by atoms with E-state index in [-0.39, 0.29) is 11.9 Å². The maximum Gasteiger partial charge on any atom is 0.123 e. The van der Waals surface area contributed by atoms with Crippen LogP contribution in [0.25, 0.3) is 11.3 Å². The maximum absolute atomic E-state index is 13.4. The van der Waals surface area contributed by atoms with Gasteiger partial charge >= 0.3 is 0 Å². The average Bonchev–Trinajstić information content (AvgIpc) is 2.67. The monoisotopic (exact) mass is 371 g/mol. The third-order valence-corrected chi connectivity index (χ3v) is 4.51. The molecule has 0 saturated heterocycles. The lowest BCUT2D eigenvalue weighted by Gasteiger charge is -2.26. The molecule has 0 fully saturated rings. The van der Waals surface area contributed by atoms with Gasteiger partial charge in [-0.05, 0) is 80.9 Å². The van der Waals surface area contributed by atoms with E-state index in [1.54, 1.807) is 24.5 Å². The lowest BCUT2D eigenvalue weighted by molar-refractivity contribution is 0.479. The molecule has 0 saturated carbocycles. The number of aromatic nitrogens is 1. The fourth-order valence-electron chi connectivity index (χ4n) is 3.16. The van der Waals surface area contributed by atoms with Gasteiger partial charge in [-0.2, -0.15) is 0 Å². The SMILES string of the molecule is CCNCCC(C)NC(C)/C(=C(\NN)c1ccc(F)cc1)c1ccncc1. The highest BCUT2D eigenvalue weighted by Crippen LogP contribution is 2.27. The van der Waals surface area contributed by atoms with Gasteiger partial charge in [-0.1, -0.05) is 6.92 Å². The molecular weight excluding hydrogens is 341 g/mol. The number of pyridine rings is 1. The highest BCUT2D eigenvalue weighted by atomic mass is 19.1. The number of hydrogen-bond donors (Lipinski definition) is 4. The molecule has 2 unspecified atom stereocenters. The van der Waals surface area contributed by atoms with E-state index in [0.717, 1.165) is 41.9 Å². The van der Waals surface area contributed by atoms with Gasteiger partial charge in [-0.15, -0.1) is 0 Å². The lowest BCUT2D eigenvalue weighted by atomic mass is 9.94. The van der Waals surface area contributed by atoms with Crippen LogP contribution in [0.2, 0.25) is 0 Å². The quantitative estimate of drug-likeness (QED) is 0.294. The van der Waals surface area contributed by atoms with Crippen molar-refractivity contribution in [3.63, 3.8) is 0 Å². The van der Waals surface area contributed by atoms with Crippen LogP contribution in [0.5, 0.6) is 0 Å². The van der Waals surface area contributed by atoms with Crippen LogP contribution >= 0.6 is 0 Å². The van der Waals surface area contributed by atoms with Crippen LogP contribution in [-0.4, -0.2) is 30.2 Å². The summed E-state index contributed by atoms with van der Waals surface area (Å²) in [7, 11) is 0. The molecular formula is C21H30FN5. The van der Waals surface area contributed by atoms with Crippen LogP contribution < -0.4 is 21.9 Å². The van der Waals surface area contributed by atoms with E-state index in [1.165, 1.54) is 12.1 Å². The number of nitrogens with one attached hydrogen (secondary N) is 3. The second-order valence-electron chi connectivity index (χ2n) is 6.61. The van der Waals surface area contributed by atoms with Gasteiger partial charge < -0.3 is 16.1 Å². The molecule has 0 aliphatic rings. The Morgan fingerprint density at radius 3 is 2.33 bits per heavy atom. The van der Waals surface area contributed by atoms with Gasteiger partial charge in [-0.25, -0.2) is 4.39 Å². The zero-order chi connectivity index (χ0) is 19.6. The number of rotatable bonds is 10. The van der Waals surface area contributed by atoms with Crippen LogP contribution in [0.1, 0.15) is 38.3 Å². The molecule has 0 amide bonds. The fraction of sp³-hybridized carbons (Fsp3) is 0.381. The normalized spacial score (nSPS) is 14.4. The van der Waals surface area contributed by atoms with Gasteiger partial charge in [-0.3, -0.25) is 10.8 Å². The summed E-state index contributed by atoms with van der Waals surface area (Å²) in [6.45, 7) is 8.32. The Morgan fingerprint density at radius 1 is 1.07 bits per heavy atom. The highest BCUT2D eigenvalue weighted by Gasteiger charge is 2.19. The van der Waals surface area contributed by atoms with Crippen molar-refractivity contribution in [1.82, 2.24) is 21.0 Å². The second-order valence-corrected chi connectivity index (χ2v) is 6.61. The Hall–Kier alpha value is -2.28. The molecule has 0 aliphatic carbocycles. The van der Waals surface area contributed by atoms with Gasteiger partial charge in [0.1, 0.15) is 5.82 Å². The summed E-state index contributed by atoms with van der Waals surface area (Å²) < 4.78 is 13.4. The minimum absolute atomic E-state index is 0.0279. The van der Waals surface area contributed by atoms with Crippen molar-refractivity contribution < 1.29 is 4.39 Å². The lowest BCUT2D eigenvalue weighted by Crippen LogP contribution is -2.38. The van der Waals surface area contributed by atoms with Gasteiger partial charge in [0.2, 0.25) is 0 Å². The molecule has 5 N–H and O–H groups in total. The molecule has 0 bridgehead atoms. The van der Waals surface area contributed by atoms with Gasteiger partial charge in [0.05, 0.1) is 5.70 Å². The summed E-state index contributed by atoms with van der Waals surface area (Å²) in [6, 6.07) is 10.6. The smallest absolute Gasteiger partial charge is 0.123 e. The zero-order valence-electron chi connectivity index (χ0n) is 16.3. The molecule has 0 spiro atoms. The molecule has 2 atom stereocenters. The Bertz CT molecular complexity index is 715. The van der Waals surface area contributed by atoms with Crippen molar-refractivity contribution in [2.75, 3.05) is 13.1 Å². The number of nitrogens with two attached hydrogens (primary N) is 1. The van der Waals surface area contributed by atoms with E-state index >= 15 is 0 Å². The average molecular weight is 372 g/mol. The molecule has 1 aromatic carbocycles. The Morgan fingerprint density at radius 2 is 1.74 bits per heavy atom. The van der Waals surface area contributed by atoms with Crippen LogP contribution in [-0.2, 0) is 0 Å². The molecule has 0 radical (unpaired) electrons. The highest BCUT2D eigenvalue weighted by molar-refractivity contribution is 5.91. The van der Waals surface area contributed by atoms with E-state index in [9.17, 15) is 4.39 Å². The summed E-state index contributed by atoms with van der Waals surface area (Å²) >= 11 is 0. The molecule has 146 valence electrons. The molecule has 1 heterocycles. The number of nitrogens with zero attached hydrogens (tertiary/aromatic N) is 1. The first kappa shape index (κ1) is 21.0. The molecule has 2 aromatic rings. The summed E-state index contributed by atoms with van der Waals surface area (Å²) in [5.74, 6) is 5.62. The second kappa shape index (κ2) is 10.8. The van der Waals surface area contributed by atoms with Crippen LogP contribution in [0.3, 0.4) is 0 Å². The van der Waals surface area contributed by atoms with E-state index in [0.29, 0.717) is 6.04 Å². The number of benzene rings is 1. The maximum atomic E-state index is 13.4. The predicted octanol–water partition coefficient (Wildman–Crippen LogP) is 2.92. The first-order valence-electron chi connectivity index (χ1n) is 9.40. The Kier molecular flexibility index (Phi) is 8.39. The Balaban J connectivity index is 2.37. The molecule has 5 nitrogen and oxygen atoms in total. The van der Waals surface area contributed by atoms with Crippen molar-refractivity contribution in [2.24, 2.45) is 5.84 Å². The first-order chi connectivity index (χ1) is 13.1. The van der Waals surface area contributed by atoms with Crippen LogP contribution in [0, 0.1) is 5.82 Å². The van der Waals surface area contributed by atoms with Crippen LogP contribution in [0.15, 0.2) is 48.8 Å². The van der Waals surface area contributed by atoms with Crippen molar-refractivity contribution in [3.05, 3.63) is 65.7 Å². The molecule has 0 aliphatic heterocycles. The molecule has 2 rings (SSSR count). The minimum Gasteiger partial charge on any atom is -0.323 e. The van der Waals surface area contributed by atoms with Gasteiger partial charge in [0.15, 0.2) is 0 Å². The largest absolute Gasteiger partial charge is 0.323 e. The molecule has 27 heavy (non-hydrogen) atoms. The third kappa shape index (κ3) is 6.13. The van der Waals surface area contributed by atoms with Crippen molar-refractivity contribution in [3.8, 4) is 0 Å². The molecule has 1 aromatic heterocycles. The fourth-order valence-corrected chi connectivity index (χ4v) is 3.16. The zero-order valence-corrected chi connectivity index (χ0v) is 16.3. The number of hydrazine groups is 1. The topological polar surface area (TPSA) is 75.0 Å². The molecule has 6 heteroatoms.